The molecule has 1 unspecified atom stereocenters. The molecule has 1 atom stereocenters. The van der Waals surface area contributed by atoms with E-state index in [1.54, 1.807) is 6.20 Å². The summed E-state index contributed by atoms with van der Waals surface area (Å²) in [6.07, 6.45) is 1.80. The molecule has 0 saturated heterocycles. The van der Waals surface area contributed by atoms with E-state index in [0.29, 0.717) is 29.4 Å². The number of aromatic amines is 1. The fourth-order valence-electron chi connectivity index (χ4n) is 3.21. The van der Waals surface area contributed by atoms with Gasteiger partial charge in [0.05, 0.1) is 6.20 Å². The summed E-state index contributed by atoms with van der Waals surface area (Å²) < 4.78 is 10.8. The molecule has 2 N–H and O–H groups in total. The fourth-order valence-corrected chi connectivity index (χ4v) is 3.21. The summed E-state index contributed by atoms with van der Waals surface area (Å²) in [6, 6.07) is 15.3. The lowest BCUT2D eigenvalue weighted by atomic mass is 10.0. The quantitative estimate of drug-likeness (QED) is 0.728. The van der Waals surface area contributed by atoms with E-state index >= 15 is 0 Å². The van der Waals surface area contributed by atoms with Gasteiger partial charge in [0.2, 0.25) is 6.79 Å². The van der Waals surface area contributed by atoms with Gasteiger partial charge in [-0.3, -0.25) is 9.89 Å². The van der Waals surface area contributed by atoms with Crippen molar-refractivity contribution in [2.45, 2.75) is 12.5 Å². The number of rotatable bonds is 4. The number of carbonyl (C=O) groups excluding carboxylic acids is 1. The van der Waals surface area contributed by atoms with Crippen LogP contribution in [0, 0.1) is 0 Å². The Hall–Kier alpha value is -3.81. The molecule has 0 saturated carbocycles. The molecule has 2 aromatic carbocycles. The smallest absolute Gasteiger partial charge is 0.274 e. The van der Waals surface area contributed by atoms with E-state index in [2.05, 4.69) is 20.7 Å². The van der Waals surface area contributed by atoms with Crippen LogP contribution in [0.25, 0.3) is 11.1 Å². The highest BCUT2D eigenvalue weighted by atomic mass is 16.7. The lowest BCUT2D eigenvalue weighted by Crippen LogP contribution is -2.22. The molecule has 3 heterocycles. The Morgan fingerprint density at radius 1 is 1.11 bits per heavy atom. The van der Waals surface area contributed by atoms with Crippen molar-refractivity contribution in [3.63, 3.8) is 0 Å². The molecule has 5 rings (SSSR count). The van der Waals surface area contributed by atoms with Crippen LogP contribution in [0.5, 0.6) is 11.5 Å². The van der Waals surface area contributed by atoms with Gasteiger partial charge < -0.3 is 19.6 Å². The Kier molecular flexibility index (Phi) is 3.93. The summed E-state index contributed by atoms with van der Waals surface area (Å²) >= 11 is 0. The van der Waals surface area contributed by atoms with Gasteiger partial charge in [-0.2, -0.15) is 5.10 Å². The minimum Gasteiger partial charge on any atom is -0.454 e. The molecule has 0 bridgehead atoms. The number of hydrogen-bond donors (Lipinski definition) is 2. The van der Waals surface area contributed by atoms with Gasteiger partial charge in [0.15, 0.2) is 17.6 Å². The van der Waals surface area contributed by atoms with Crippen molar-refractivity contribution in [3.8, 4) is 22.6 Å². The largest absolute Gasteiger partial charge is 0.454 e. The van der Waals surface area contributed by atoms with Crippen LogP contribution in [0.1, 0.15) is 18.1 Å². The minimum atomic E-state index is -0.329. The first-order valence-corrected chi connectivity index (χ1v) is 8.80. The Bertz CT molecular complexity index is 1060. The summed E-state index contributed by atoms with van der Waals surface area (Å²) in [5, 5.41) is 13.7. The molecule has 0 radical (unpaired) electrons. The number of oxime groups is 1. The van der Waals surface area contributed by atoms with Crippen molar-refractivity contribution in [1.82, 2.24) is 10.2 Å². The molecule has 28 heavy (non-hydrogen) atoms. The van der Waals surface area contributed by atoms with Crippen molar-refractivity contribution in [2.75, 3.05) is 12.1 Å². The topological polar surface area (TPSA) is 97.8 Å². The third kappa shape index (κ3) is 2.94. The monoisotopic (exact) mass is 376 g/mol. The van der Waals surface area contributed by atoms with E-state index < -0.39 is 0 Å². The van der Waals surface area contributed by atoms with E-state index in [-0.39, 0.29) is 18.8 Å². The van der Waals surface area contributed by atoms with E-state index in [0.717, 1.165) is 16.7 Å². The van der Waals surface area contributed by atoms with Crippen LogP contribution in [0.3, 0.4) is 0 Å². The highest BCUT2D eigenvalue weighted by Crippen LogP contribution is 2.37. The molecular formula is C20H16N4O4. The van der Waals surface area contributed by atoms with Gasteiger partial charge in [0, 0.05) is 12.0 Å². The average molecular weight is 376 g/mol. The molecule has 2 aliphatic heterocycles. The van der Waals surface area contributed by atoms with Crippen LogP contribution in [-0.2, 0) is 9.63 Å². The summed E-state index contributed by atoms with van der Waals surface area (Å²) in [5.74, 6) is 1.51. The van der Waals surface area contributed by atoms with Gasteiger partial charge in [0.25, 0.3) is 5.91 Å². The number of H-pyrrole nitrogens is 1. The van der Waals surface area contributed by atoms with E-state index in [1.165, 1.54) is 0 Å². The molecule has 3 aromatic rings. The third-order valence-electron chi connectivity index (χ3n) is 4.66. The van der Waals surface area contributed by atoms with Crippen LogP contribution in [0.4, 0.5) is 5.82 Å². The Balaban J connectivity index is 1.31. The fraction of sp³-hybridized carbons (Fsp3) is 0.150. The lowest BCUT2D eigenvalue weighted by Gasteiger charge is -2.08. The molecule has 2 aliphatic rings. The van der Waals surface area contributed by atoms with Crippen LogP contribution in [0.15, 0.2) is 59.9 Å². The number of fused-ring (bicyclic) bond motifs is 1. The lowest BCUT2D eigenvalue weighted by molar-refractivity contribution is -0.110. The second-order valence-corrected chi connectivity index (χ2v) is 6.43. The van der Waals surface area contributed by atoms with E-state index in [9.17, 15) is 4.79 Å². The molecule has 8 nitrogen and oxygen atoms in total. The third-order valence-corrected chi connectivity index (χ3v) is 4.66. The van der Waals surface area contributed by atoms with Gasteiger partial charge in [-0.05, 0) is 23.3 Å². The number of amides is 1. The van der Waals surface area contributed by atoms with Crippen molar-refractivity contribution in [1.29, 1.82) is 0 Å². The second kappa shape index (κ2) is 6.73. The molecular weight excluding hydrogens is 360 g/mol. The molecule has 8 heteroatoms. The maximum atomic E-state index is 12.6. The number of nitrogens with one attached hydrogen (secondary N) is 2. The molecule has 0 fully saturated rings. The first kappa shape index (κ1) is 16.4. The minimum absolute atomic E-state index is 0.205. The van der Waals surface area contributed by atoms with Crippen molar-refractivity contribution < 1.29 is 19.1 Å². The SMILES string of the molecule is O=C(Nc1[nH]ncc1-c1ccc2c(c1)OCO2)C1=NOC(c2ccccc2)C1. The van der Waals surface area contributed by atoms with Crippen molar-refractivity contribution in [3.05, 3.63) is 60.3 Å². The number of hydrogen-bond acceptors (Lipinski definition) is 6. The zero-order chi connectivity index (χ0) is 18.9. The predicted octanol–water partition coefficient (Wildman–Crippen LogP) is 3.26. The zero-order valence-corrected chi connectivity index (χ0v) is 14.7. The predicted molar refractivity (Wildman–Crippen MR) is 101 cm³/mol. The van der Waals surface area contributed by atoms with E-state index in [4.69, 9.17) is 14.3 Å². The maximum Gasteiger partial charge on any atom is 0.274 e. The van der Waals surface area contributed by atoms with Crippen LogP contribution in [-0.4, -0.2) is 28.6 Å². The van der Waals surface area contributed by atoms with E-state index in [1.807, 2.05) is 48.5 Å². The molecule has 0 spiro atoms. The van der Waals surface area contributed by atoms with Crippen LogP contribution < -0.4 is 14.8 Å². The van der Waals surface area contributed by atoms with Gasteiger partial charge in [0.1, 0.15) is 11.5 Å². The Morgan fingerprint density at radius 2 is 1.96 bits per heavy atom. The highest BCUT2D eigenvalue weighted by Gasteiger charge is 2.28. The Labute approximate surface area is 160 Å². The van der Waals surface area contributed by atoms with Crippen LogP contribution >= 0.6 is 0 Å². The van der Waals surface area contributed by atoms with Gasteiger partial charge in [-0.15, -0.1) is 0 Å². The molecule has 0 aliphatic carbocycles. The normalized spacial score (nSPS) is 17.1. The standard InChI is InChI=1S/C20H16N4O4/c25-20(15-9-17(28-24-15)12-4-2-1-3-5-12)22-19-14(10-21-23-19)13-6-7-16-18(8-13)27-11-26-16/h1-8,10,17H,9,11H2,(H2,21,22,23,25). The number of nitrogens with zero attached hydrogens (tertiary/aromatic N) is 2. The number of carbonyl (C=O) groups is 1. The number of ether oxygens (including phenoxy) is 2. The summed E-state index contributed by atoms with van der Waals surface area (Å²) in [5.41, 5.74) is 2.91. The average Bonchev–Trinajstić information content (AvgIpc) is 3.48. The van der Waals surface area contributed by atoms with Gasteiger partial charge in [-0.1, -0.05) is 41.6 Å². The maximum absolute atomic E-state index is 12.6. The zero-order valence-electron chi connectivity index (χ0n) is 14.7. The summed E-state index contributed by atoms with van der Waals surface area (Å²) in [4.78, 5) is 18.1. The molecule has 1 aromatic heterocycles. The first-order chi connectivity index (χ1) is 13.8. The molecule has 1 amide bonds. The molecule has 140 valence electrons. The number of anilines is 1. The number of aromatic nitrogens is 2. The Morgan fingerprint density at radius 3 is 2.86 bits per heavy atom. The number of benzene rings is 2. The van der Waals surface area contributed by atoms with Gasteiger partial charge >= 0.3 is 0 Å². The van der Waals surface area contributed by atoms with Crippen molar-refractivity contribution >= 4 is 17.4 Å². The summed E-state index contributed by atoms with van der Waals surface area (Å²) in [6.45, 7) is 0.205. The first-order valence-electron chi connectivity index (χ1n) is 8.80. The highest BCUT2D eigenvalue weighted by molar-refractivity contribution is 6.43. The van der Waals surface area contributed by atoms with Gasteiger partial charge in [-0.25, -0.2) is 0 Å². The van der Waals surface area contributed by atoms with Crippen molar-refractivity contribution in [2.24, 2.45) is 5.16 Å². The second-order valence-electron chi connectivity index (χ2n) is 6.43. The van der Waals surface area contributed by atoms with Crippen LogP contribution in [0.2, 0.25) is 0 Å². The summed E-state index contributed by atoms with van der Waals surface area (Å²) in [7, 11) is 0.